The van der Waals surface area contributed by atoms with Gasteiger partial charge in [0.05, 0.1) is 0 Å². The van der Waals surface area contributed by atoms with Gasteiger partial charge in [0.25, 0.3) is 0 Å². The minimum absolute atomic E-state index is 0.366. The number of hydrogen-bond acceptors (Lipinski definition) is 1. The lowest BCUT2D eigenvalue weighted by Gasteiger charge is -2.45. The van der Waals surface area contributed by atoms with Crippen molar-refractivity contribution in [1.29, 1.82) is 0 Å². The fourth-order valence-electron chi connectivity index (χ4n) is 2.45. The fraction of sp³-hybridized carbons (Fsp3) is 1.00. The average Bonchev–Trinajstić information content (AvgIpc) is 2.18. The van der Waals surface area contributed by atoms with Crippen LogP contribution in [0.15, 0.2) is 0 Å². The lowest BCUT2D eigenvalue weighted by molar-refractivity contribution is 0.132. The molecule has 96 valence electrons. The molecule has 0 amide bonds. The predicted octanol–water partition coefficient (Wildman–Crippen LogP) is 4.98. The van der Waals surface area contributed by atoms with Crippen LogP contribution in [-0.2, 0) is 4.43 Å². The molecule has 1 aliphatic rings. The first-order chi connectivity index (χ1) is 7.27. The van der Waals surface area contributed by atoms with E-state index < -0.39 is 8.32 Å². The monoisotopic (exact) mass is 242 g/mol. The second-order valence-electron chi connectivity index (χ2n) is 6.76. The summed E-state index contributed by atoms with van der Waals surface area (Å²) in [6.07, 6.45) is 7.31. The molecule has 1 nitrogen and oxygen atoms in total. The van der Waals surface area contributed by atoms with Gasteiger partial charge in [0.2, 0.25) is 0 Å². The predicted molar refractivity (Wildman–Crippen MR) is 74.3 cm³/mol. The van der Waals surface area contributed by atoms with Gasteiger partial charge in [-0.2, -0.15) is 0 Å². The lowest BCUT2D eigenvalue weighted by atomic mass is 9.98. The van der Waals surface area contributed by atoms with Crippen molar-refractivity contribution in [3.05, 3.63) is 0 Å². The van der Waals surface area contributed by atoms with Gasteiger partial charge in [-0.05, 0) is 36.9 Å². The molecule has 1 fully saturated rings. The minimum atomic E-state index is -1.58. The van der Waals surface area contributed by atoms with Gasteiger partial charge in [0, 0.05) is 6.10 Å². The third kappa shape index (κ3) is 3.10. The number of rotatable bonds is 4. The maximum Gasteiger partial charge on any atom is 0.192 e. The second-order valence-corrected chi connectivity index (χ2v) is 11.3. The van der Waals surface area contributed by atoms with Crippen LogP contribution in [-0.4, -0.2) is 14.4 Å². The summed E-state index contributed by atoms with van der Waals surface area (Å²) in [4.78, 5) is 0. The molecule has 1 rings (SSSR count). The highest BCUT2D eigenvalue weighted by Crippen LogP contribution is 2.45. The van der Waals surface area contributed by atoms with Crippen LogP contribution in [0.2, 0.25) is 18.1 Å². The molecule has 0 aromatic rings. The van der Waals surface area contributed by atoms with Gasteiger partial charge in [-0.25, -0.2) is 0 Å². The first-order valence-corrected chi connectivity index (χ1v) is 9.86. The summed E-state index contributed by atoms with van der Waals surface area (Å²) in [5.74, 6) is 0.706. The first kappa shape index (κ1) is 14.2. The maximum absolute atomic E-state index is 6.54. The molecule has 0 N–H and O–H groups in total. The molecule has 2 heteroatoms. The van der Waals surface area contributed by atoms with Crippen LogP contribution in [0, 0.1) is 5.92 Å². The molecule has 1 saturated carbocycles. The van der Waals surface area contributed by atoms with Crippen molar-refractivity contribution in [2.75, 3.05) is 0 Å². The minimum Gasteiger partial charge on any atom is -0.414 e. The Morgan fingerprint density at radius 3 is 2.00 bits per heavy atom. The van der Waals surface area contributed by atoms with E-state index in [-0.39, 0.29) is 0 Å². The van der Waals surface area contributed by atoms with E-state index in [1.807, 2.05) is 0 Å². The molecule has 0 saturated heterocycles. The Labute approximate surface area is 103 Å². The van der Waals surface area contributed by atoms with Crippen LogP contribution in [0.5, 0.6) is 0 Å². The molecule has 0 aliphatic heterocycles. The Morgan fingerprint density at radius 1 is 1.06 bits per heavy atom. The highest BCUT2D eigenvalue weighted by molar-refractivity contribution is 6.74. The Balaban J connectivity index is 2.62. The Morgan fingerprint density at radius 2 is 1.56 bits per heavy atom. The highest BCUT2D eigenvalue weighted by Gasteiger charge is 2.44. The molecular formula is C14H30OSi. The maximum atomic E-state index is 6.54. The molecular weight excluding hydrogens is 212 g/mol. The van der Waals surface area contributed by atoms with Gasteiger partial charge in [-0.3, -0.25) is 0 Å². The molecule has 16 heavy (non-hydrogen) atoms. The van der Waals surface area contributed by atoms with Crippen molar-refractivity contribution in [3.8, 4) is 0 Å². The summed E-state index contributed by atoms with van der Waals surface area (Å²) in [5.41, 5.74) is 0. The zero-order chi connectivity index (χ0) is 12.4. The van der Waals surface area contributed by atoms with Gasteiger partial charge < -0.3 is 4.43 Å². The van der Waals surface area contributed by atoms with E-state index in [9.17, 15) is 0 Å². The highest BCUT2D eigenvalue weighted by atomic mass is 28.4. The van der Waals surface area contributed by atoms with Crippen LogP contribution in [0.4, 0.5) is 0 Å². The Hall–Kier alpha value is 0.177. The second kappa shape index (κ2) is 5.22. The van der Waals surface area contributed by atoms with E-state index in [0.29, 0.717) is 17.1 Å². The molecule has 0 radical (unpaired) electrons. The van der Waals surface area contributed by atoms with Gasteiger partial charge >= 0.3 is 0 Å². The smallest absolute Gasteiger partial charge is 0.192 e. The van der Waals surface area contributed by atoms with E-state index in [1.54, 1.807) is 0 Å². The van der Waals surface area contributed by atoms with Gasteiger partial charge in [-0.15, -0.1) is 0 Å². The summed E-state index contributed by atoms with van der Waals surface area (Å²) < 4.78 is 6.54. The van der Waals surface area contributed by atoms with Crippen molar-refractivity contribution in [3.63, 3.8) is 0 Å². The van der Waals surface area contributed by atoms with Crippen molar-refractivity contribution in [2.45, 2.75) is 84.0 Å². The van der Waals surface area contributed by atoms with Crippen molar-refractivity contribution in [2.24, 2.45) is 5.92 Å². The summed E-state index contributed by atoms with van der Waals surface area (Å²) in [6.45, 7) is 14.3. The third-order valence-corrected chi connectivity index (χ3v) is 9.61. The normalized spacial score (nSPS) is 20.4. The van der Waals surface area contributed by atoms with E-state index in [2.05, 4.69) is 40.8 Å². The zero-order valence-electron chi connectivity index (χ0n) is 12.1. The molecule has 0 unspecified atom stereocenters. The summed E-state index contributed by atoms with van der Waals surface area (Å²) in [5, 5.41) is 0.366. The van der Waals surface area contributed by atoms with Crippen molar-refractivity contribution in [1.82, 2.24) is 0 Å². The summed E-state index contributed by atoms with van der Waals surface area (Å²) in [6, 6.07) is 0. The molecule has 1 aliphatic carbocycles. The average molecular weight is 242 g/mol. The third-order valence-electron chi connectivity index (χ3n) is 5.01. The molecule has 0 spiro atoms. The van der Waals surface area contributed by atoms with Crippen LogP contribution < -0.4 is 0 Å². The molecule has 0 aromatic heterocycles. The molecule has 0 heterocycles. The summed E-state index contributed by atoms with van der Waals surface area (Å²) in [7, 11) is -1.58. The molecule has 0 aromatic carbocycles. The Bertz CT molecular complexity index is 215. The standard InChI is InChI=1S/C14H30OSi/c1-12(2)14(3,4)16(5,6)15-13-10-8-7-9-11-13/h12-13H,7-11H2,1-6H3. The topological polar surface area (TPSA) is 9.23 Å². The van der Waals surface area contributed by atoms with E-state index >= 15 is 0 Å². The SMILES string of the molecule is CC(C)C(C)(C)[Si](C)(C)OC1CCCCC1. The van der Waals surface area contributed by atoms with Gasteiger partial charge in [-0.1, -0.05) is 47.0 Å². The van der Waals surface area contributed by atoms with Gasteiger partial charge in [0.15, 0.2) is 8.32 Å². The van der Waals surface area contributed by atoms with E-state index in [1.165, 1.54) is 32.1 Å². The quantitative estimate of drug-likeness (QED) is 0.632. The zero-order valence-corrected chi connectivity index (χ0v) is 13.1. The number of hydrogen-bond donors (Lipinski definition) is 0. The van der Waals surface area contributed by atoms with Crippen LogP contribution in [0.25, 0.3) is 0 Å². The first-order valence-electron chi connectivity index (χ1n) is 6.95. The summed E-state index contributed by atoms with van der Waals surface area (Å²) >= 11 is 0. The molecule has 0 bridgehead atoms. The van der Waals surface area contributed by atoms with E-state index in [4.69, 9.17) is 4.43 Å². The van der Waals surface area contributed by atoms with E-state index in [0.717, 1.165) is 0 Å². The Kier molecular flexibility index (Phi) is 4.64. The van der Waals surface area contributed by atoms with Crippen molar-refractivity contribution >= 4 is 8.32 Å². The molecule has 0 atom stereocenters. The van der Waals surface area contributed by atoms with Crippen LogP contribution >= 0.6 is 0 Å². The van der Waals surface area contributed by atoms with Crippen LogP contribution in [0.3, 0.4) is 0 Å². The fourth-order valence-corrected chi connectivity index (χ4v) is 5.21. The van der Waals surface area contributed by atoms with Crippen molar-refractivity contribution < 1.29 is 4.43 Å². The largest absolute Gasteiger partial charge is 0.414 e. The van der Waals surface area contributed by atoms with Crippen LogP contribution in [0.1, 0.15) is 59.8 Å². The lowest BCUT2D eigenvalue weighted by Crippen LogP contribution is -2.47. The van der Waals surface area contributed by atoms with Gasteiger partial charge in [0.1, 0.15) is 0 Å².